The minimum atomic E-state index is -0.157. The zero-order chi connectivity index (χ0) is 23.7. The van der Waals surface area contributed by atoms with Crippen LogP contribution in [0, 0.1) is 25.2 Å². The number of rotatable bonds is 3. The third-order valence-electron chi connectivity index (χ3n) is 6.48. The molecule has 33 heavy (non-hydrogen) atoms. The van der Waals surface area contributed by atoms with Crippen LogP contribution in [0.5, 0.6) is 0 Å². The Morgan fingerprint density at radius 2 is 2.09 bits per heavy atom. The van der Waals surface area contributed by atoms with Crippen molar-refractivity contribution in [3.05, 3.63) is 70.2 Å². The van der Waals surface area contributed by atoms with E-state index in [4.69, 9.17) is 15.0 Å². The van der Waals surface area contributed by atoms with Gasteiger partial charge in [0.15, 0.2) is 5.49 Å². The summed E-state index contributed by atoms with van der Waals surface area (Å²) in [4.78, 5) is 28.0. The van der Waals surface area contributed by atoms with Crippen molar-refractivity contribution in [2.45, 2.75) is 40.2 Å². The summed E-state index contributed by atoms with van der Waals surface area (Å²) in [5.41, 5.74) is 6.28. The van der Waals surface area contributed by atoms with E-state index in [1.54, 1.807) is 6.92 Å². The minimum Gasteiger partial charge on any atom is -0.339 e. The lowest BCUT2D eigenvalue weighted by atomic mass is 9.98. The number of aromatic nitrogens is 3. The highest BCUT2D eigenvalue weighted by atomic mass is 16.2. The van der Waals surface area contributed by atoms with Gasteiger partial charge in [-0.25, -0.2) is 4.98 Å². The van der Waals surface area contributed by atoms with Crippen molar-refractivity contribution in [1.29, 1.82) is 5.26 Å². The smallest absolute Gasteiger partial charge is 0.219 e. The van der Waals surface area contributed by atoms with E-state index >= 15 is 0 Å². The van der Waals surface area contributed by atoms with E-state index in [0.29, 0.717) is 24.1 Å². The number of hydrogen-bond donors (Lipinski definition) is 0. The maximum Gasteiger partial charge on any atom is 0.219 e. The number of amides is 1. The molecule has 0 radical (unpaired) electrons. The molecule has 1 aliphatic rings. The van der Waals surface area contributed by atoms with Crippen molar-refractivity contribution in [3.63, 3.8) is 0 Å². The number of aryl methyl sites for hydroxylation is 2. The topological polar surface area (TPSA) is 87.2 Å². The Balaban J connectivity index is 1.83. The normalized spacial score (nSPS) is 15.3. The second kappa shape index (κ2) is 8.99. The fourth-order valence-electron chi connectivity index (χ4n) is 4.30. The lowest BCUT2D eigenvalue weighted by Crippen LogP contribution is -2.32. The maximum absolute atomic E-state index is 11.7. The zero-order valence-corrected chi connectivity index (χ0v) is 19.8. The monoisotopic (exact) mass is 440 g/mol. The van der Waals surface area contributed by atoms with Crippen LogP contribution in [0.4, 0.5) is 0 Å². The van der Waals surface area contributed by atoms with Gasteiger partial charge in [-0.05, 0) is 56.0 Å². The summed E-state index contributed by atoms with van der Waals surface area (Å²) in [5.74, 6) is 0.939. The Hall–Kier alpha value is -3.79. The van der Waals surface area contributed by atoms with Gasteiger partial charge >= 0.3 is 0 Å². The summed E-state index contributed by atoms with van der Waals surface area (Å²) < 4.78 is 2.02. The summed E-state index contributed by atoms with van der Waals surface area (Å²) in [6.45, 7) is 8.85. The summed E-state index contributed by atoms with van der Waals surface area (Å²) in [5, 5.41) is 10.3. The Labute approximate surface area is 193 Å². The van der Waals surface area contributed by atoms with E-state index in [0.717, 1.165) is 45.5 Å². The van der Waals surface area contributed by atoms with Crippen LogP contribution in [0.15, 0.2) is 41.5 Å². The molecular weight excluding hydrogens is 412 g/mol. The summed E-state index contributed by atoms with van der Waals surface area (Å²) in [6, 6.07) is 9.90. The molecule has 7 heteroatoms. The van der Waals surface area contributed by atoms with Crippen molar-refractivity contribution in [1.82, 2.24) is 19.4 Å². The molecule has 168 valence electrons. The van der Waals surface area contributed by atoms with Gasteiger partial charge in [0.2, 0.25) is 5.91 Å². The first-order valence-corrected chi connectivity index (χ1v) is 11.1. The molecule has 0 N–H and O–H groups in total. The van der Waals surface area contributed by atoms with E-state index in [9.17, 15) is 10.1 Å². The van der Waals surface area contributed by atoms with Crippen LogP contribution in [0.2, 0.25) is 0 Å². The van der Waals surface area contributed by atoms with Gasteiger partial charge in [-0.15, -0.1) is 0 Å². The maximum atomic E-state index is 11.7. The molecule has 4 rings (SSSR count). The number of fused-ring (bicyclic) bond motifs is 1. The quantitative estimate of drug-likeness (QED) is 0.621. The third-order valence-corrected chi connectivity index (χ3v) is 6.48. The third kappa shape index (κ3) is 4.29. The van der Waals surface area contributed by atoms with Gasteiger partial charge in [0, 0.05) is 32.4 Å². The highest BCUT2D eigenvalue weighted by molar-refractivity contribution is 5.82. The van der Waals surface area contributed by atoms with Gasteiger partial charge in [-0.2, -0.15) is 5.26 Å². The molecule has 1 atom stereocenters. The van der Waals surface area contributed by atoms with E-state index < -0.39 is 0 Å². The standard InChI is InChI=1S/C26H28N6O/c1-16-21(14-27)7-6-8-22(16)17(2)29-26-23-13-24(20-9-11-32(12-10-20)19(4)33)28-15-25(23)31(5)18(3)30-26/h6-9,13,15,17H,10-12H2,1-5H3/b29-26-/t17-/m1/s1. The van der Waals surface area contributed by atoms with Crippen LogP contribution in [-0.4, -0.2) is 38.4 Å². The number of hydrogen-bond acceptors (Lipinski definition) is 5. The average Bonchev–Trinajstić information content (AvgIpc) is 2.82. The first-order chi connectivity index (χ1) is 15.8. The molecule has 0 aliphatic carbocycles. The molecule has 1 aromatic carbocycles. The highest BCUT2D eigenvalue weighted by Gasteiger charge is 2.17. The van der Waals surface area contributed by atoms with Crippen LogP contribution in [0.1, 0.15) is 54.5 Å². The Morgan fingerprint density at radius 1 is 1.30 bits per heavy atom. The van der Waals surface area contributed by atoms with Crippen molar-refractivity contribution >= 4 is 22.4 Å². The van der Waals surface area contributed by atoms with Gasteiger partial charge in [0.25, 0.3) is 0 Å². The molecule has 0 saturated carbocycles. The Kier molecular flexibility index (Phi) is 6.10. The number of carbonyl (C=O) groups is 1. The molecule has 0 spiro atoms. The molecule has 3 aromatic rings. The molecule has 1 amide bonds. The number of nitriles is 1. The average molecular weight is 441 g/mol. The fourth-order valence-corrected chi connectivity index (χ4v) is 4.30. The highest BCUT2D eigenvalue weighted by Crippen LogP contribution is 2.25. The van der Waals surface area contributed by atoms with Crippen LogP contribution in [0.25, 0.3) is 16.5 Å². The van der Waals surface area contributed by atoms with Crippen molar-refractivity contribution in [3.8, 4) is 6.07 Å². The van der Waals surface area contributed by atoms with Gasteiger partial charge in [0.05, 0.1) is 35.1 Å². The molecule has 3 heterocycles. The molecular formula is C26H28N6O. The van der Waals surface area contributed by atoms with Gasteiger partial charge < -0.3 is 9.47 Å². The minimum absolute atomic E-state index is 0.0919. The van der Waals surface area contributed by atoms with Crippen LogP contribution < -0.4 is 5.49 Å². The fraction of sp³-hybridized carbons (Fsp3) is 0.346. The first kappa shape index (κ1) is 22.4. The number of benzene rings is 1. The second-order valence-electron chi connectivity index (χ2n) is 8.51. The van der Waals surface area contributed by atoms with Gasteiger partial charge in [0.1, 0.15) is 5.82 Å². The largest absolute Gasteiger partial charge is 0.339 e. The second-order valence-corrected chi connectivity index (χ2v) is 8.51. The Morgan fingerprint density at radius 3 is 2.76 bits per heavy atom. The van der Waals surface area contributed by atoms with Gasteiger partial charge in [-0.3, -0.25) is 14.8 Å². The number of nitrogens with zero attached hydrogens (tertiary/aromatic N) is 6. The SMILES string of the molecule is CC(=O)N1CC=C(c2cc3/c(=N/[C@H](C)c4cccc(C#N)c4C)nc(C)n(C)c3cn2)CC1. The summed E-state index contributed by atoms with van der Waals surface area (Å²) >= 11 is 0. The number of pyridine rings is 1. The summed E-state index contributed by atoms with van der Waals surface area (Å²) in [6.07, 6.45) is 4.73. The van der Waals surface area contributed by atoms with E-state index in [2.05, 4.69) is 18.2 Å². The van der Waals surface area contributed by atoms with Crippen molar-refractivity contribution in [2.75, 3.05) is 13.1 Å². The molecule has 0 saturated heterocycles. The van der Waals surface area contributed by atoms with E-state index in [-0.39, 0.29) is 11.9 Å². The predicted molar refractivity (Wildman–Crippen MR) is 128 cm³/mol. The van der Waals surface area contributed by atoms with E-state index in [1.165, 1.54) is 0 Å². The van der Waals surface area contributed by atoms with Crippen molar-refractivity contribution < 1.29 is 4.79 Å². The molecule has 1 aliphatic heterocycles. The molecule has 2 aromatic heterocycles. The molecule has 0 bridgehead atoms. The van der Waals surface area contributed by atoms with Crippen LogP contribution in [0.3, 0.4) is 0 Å². The Bertz CT molecular complexity index is 1390. The molecule has 0 unspecified atom stereocenters. The molecule has 7 nitrogen and oxygen atoms in total. The molecule has 0 fully saturated rings. The zero-order valence-electron chi connectivity index (χ0n) is 19.8. The van der Waals surface area contributed by atoms with Crippen LogP contribution >= 0.6 is 0 Å². The lowest BCUT2D eigenvalue weighted by molar-refractivity contribution is -0.128. The van der Waals surface area contributed by atoms with Crippen molar-refractivity contribution in [2.24, 2.45) is 12.0 Å². The predicted octanol–water partition coefficient (Wildman–Crippen LogP) is 3.75. The van der Waals surface area contributed by atoms with E-state index in [1.807, 2.05) is 61.7 Å². The van der Waals surface area contributed by atoms with Crippen LogP contribution in [-0.2, 0) is 11.8 Å². The summed E-state index contributed by atoms with van der Waals surface area (Å²) in [7, 11) is 1.98. The number of carbonyl (C=O) groups excluding carboxylic acids is 1. The van der Waals surface area contributed by atoms with Gasteiger partial charge in [-0.1, -0.05) is 18.2 Å². The first-order valence-electron chi connectivity index (χ1n) is 11.1. The lowest BCUT2D eigenvalue weighted by Gasteiger charge is -2.25.